The van der Waals surface area contributed by atoms with Gasteiger partial charge in [0.15, 0.2) is 0 Å². The number of rotatable bonds is 5. The Balaban J connectivity index is 2.40. The molecule has 82 valence electrons. The van der Waals surface area contributed by atoms with E-state index in [-0.39, 0.29) is 12.4 Å². The normalized spacial score (nSPS) is 10.3. The SMILES string of the molecule is NC(=O)CNCCc1cc(F)cc(Br)c1. The van der Waals surface area contributed by atoms with Gasteiger partial charge in [0, 0.05) is 4.47 Å². The predicted octanol–water partition coefficient (Wildman–Crippen LogP) is 1.21. The molecule has 0 unspecified atom stereocenters. The van der Waals surface area contributed by atoms with Crippen LogP contribution in [0.3, 0.4) is 0 Å². The molecule has 3 N–H and O–H groups in total. The van der Waals surface area contributed by atoms with Crippen molar-refractivity contribution in [3.8, 4) is 0 Å². The summed E-state index contributed by atoms with van der Waals surface area (Å²) in [5.41, 5.74) is 5.83. The lowest BCUT2D eigenvalue weighted by Gasteiger charge is -2.03. The maximum Gasteiger partial charge on any atom is 0.231 e. The summed E-state index contributed by atoms with van der Waals surface area (Å²) in [6.07, 6.45) is 0.656. The van der Waals surface area contributed by atoms with Gasteiger partial charge in [-0.25, -0.2) is 4.39 Å². The lowest BCUT2D eigenvalue weighted by Crippen LogP contribution is -2.29. The molecule has 0 fully saturated rings. The van der Waals surface area contributed by atoms with Crippen LogP contribution in [0.2, 0.25) is 0 Å². The number of nitrogens with two attached hydrogens (primary N) is 1. The van der Waals surface area contributed by atoms with Crippen LogP contribution in [0.1, 0.15) is 5.56 Å². The third-order valence-electron chi connectivity index (χ3n) is 1.81. The van der Waals surface area contributed by atoms with Gasteiger partial charge in [0.2, 0.25) is 5.91 Å². The Labute approximate surface area is 96.0 Å². The number of benzene rings is 1. The van der Waals surface area contributed by atoms with Crippen molar-refractivity contribution in [2.75, 3.05) is 13.1 Å². The Kier molecular flexibility index (Phi) is 4.71. The van der Waals surface area contributed by atoms with Crippen LogP contribution in [-0.4, -0.2) is 19.0 Å². The number of halogens is 2. The van der Waals surface area contributed by atoms with Gasteiger partial charge in [-0.3, -0.25) is 4.79 Å². The van der Waals surface area contributed by atoms with Crippen LogP contribution < -0.4 is 11.1 Å². The van der Waals surface area contributed by atoms with Crippen LogP contribution in [-0.2, 0) is 11.2 Å². The first-order chi connectivity index (χ1) is 7.08. The van der Waals surface area contributed by atoms with Crippen LogP contribution in [0, 0.1) is 5.82 Å². The number of nitrogens with one attached hydrogen (secondary N) is 1. The Morgan fingerprint density at radius 2 is 2.20 bits per heavy atom. The molecule has 5 heteroatoms. The van der Waals surface area contributed by atoms with Crippen molar-refractivity contribution in [1.29, 1.82) is 0 Å². The van der Waals surface area contributed by atoms with E-state index < -0.39 is 5.91 Å². The molecule has 0 spiro atoms. The molecule has 1 aromatic rings. The molecule has 0 radical (unpaired) electrons. The largest absolute Gasteiger partial charge is 0.369 e. The molecule has 1 rings (SSSR count). The highest BCUT2D eigenvalue weighted by molar-refractivity contribution is 9.10. The van der Waals surface area contributed by atoms with Crippen molar-refractivity contribution in [1.82, 2.24) is 5.32 Å². The van der Waals surface area contributed by atoms with Crippen molar-refractivity contribution >= 4 is 21.8 Å². The second-order valence-electron chi connectivity index (χ2n) is 3.17. The van der Waals surface area contributed by atoms with Gasteiger partial charge >= 0.3 is 0 Å². The highest BCUT2D eigenvalue weighted by Crippen LogP contribution is 2.14. The van der Waals surface area contributed by atoms with E-state index in [0.717, 1.165) is 5.56 Å². The smallest absolute Gasteiger partial charge is 0.231 e. The van der Waals surface area contributed by atoms with E-state index in [1.165, 1.54) is 12.1 Å². The van der Waals surface area contributed by atoms with E-state index in [9.17, 15) is 9.18 Å². The quantitative estimate of drug-likeness (QED) is 0.793. The molecule has 0 atom stereocenters. The number of carbonyl (C=O) groups excluding carboxylic acids is 1. The summed E-state index contributed by atoms with van der Waals surface area (Å²) in [4.78, 5) is 10.4. The number of primary amides is 1. The molecule has 3 nitrogen and oxygen atoms in total. The standard InChI is InChI=1S/C10H12BrFN2O/c11-8-3-7(4-9(12)5-8)1-2-14-6-10(13)15/h3-5,14H,1-2,6H2,(H2,13,15). The van der Waals surface area contributed by atoms with Crippen molar-refractivity contribution in [2.24, 2.45) is 5.73 Å². The van der Waals surface area contributed by atoms with Gasteiger partial charge in [0.1, 0.15) is 5.82 Å². The molecule has 0 aliphatic rings. The average Bonchev–Trinajstić information content (AvgIpc) is 2.10. The van der Waals surface area contributed by atoms with Gasteiger partial charge in [-0.05, 0) is 36.7 Å². The van der Waals surface area contributed by atoms with Crippen molar-refractivity contribution in [3.05, 3.63) is 34.1 Å². The minimum absolute atomic E-state index is 0.149. The average molecular weight is 275 g/mol. The number of hydrogen-bond acceptors (Lipinski definition) is 2. The first-order valence-electron chi connectivity index (χ1n) is 4.52. The molecule has 0 saturated heterocycles. The third-order valence-corrected chi connectivity index (χ3v) is 2.27. The van der Waals surface area contributed by atoms with E-state index in [1.807, 2.05) is 6.07 Å². The summed E-state index contributed by atoms with van der Waals surface area (Å²) in [6, 6.07) is 4.71. The Morgan fingerprint density at radius 1 is 1.47 bits per heavy atom. The van der Waals surface area contributed by atoms with Crippen LogP contribution in [0.4, 0.5) is 4.39 Å². The van der Waals surface area contributed by atoms with E-state index in [2.05, 4.69) is 21.2 Å². The van der Waals surface area contributed by atoms with Crippen LogP contribution >= 0.6 is 15.9 Å². The number of carbonyl (C=O) groups is 1. The molecule has 0 aromatic heterocycles. The van der Waals surface area contributed by atoms with Crippen molar-refractivity contribution < 1.29 is 9.18 Å². The van der Waals surface area contributed by atoms with E-state index >= 15 is 0 Å². The molecule has 15 heavy (non-hydrogen) atoms. The summed E-state index contributed by atoms with van der Waals surface area (Å²) >= 11 is 3.21. The van der Waals surface area contributed by atoms with Crippen molar-refractivity contribution in [2.45, 2.75) is 6.42 Å². The fourth-order valence-electron chi connectivity index (χ4n) is 1.20. The van der Waals surface area contributed by atoms with E-state index in [1.54, 1.807) is 0 Å². The summed E-state index contributed by atoms with van der Waals surface area (Å²) in [6.45, 7) is 0.745. The lowest BCUT2D eigenvalue weighted by atomic mass is 10.1. The maximum atomic E-state index is 12.9. The van der Waals surface area contributed by atoms with Gasteiger partial charge in [0.25, 0.3) is 0 Å². The Morgan fingerprint density at radius 3 is 2.80 bits per heavy atom. The fraction of sp³-hybridized carbons (Fsp3) is 0.300. The zero-order valence-electron chi connectivity index (χ0n) is 8.09. The first kappa shape index (κ1) is 12.1. The van der Waals surface area contributed by atoms with Crippen molar-refractivity contribution in [3.63, 3.8) is 0 Å². The minimum atomic E-state index is -0.393. The topological polar surface area (TPSA) is 55.1 Å². The molecule has 0 aliphatic heterocycles. The summed E-state index contributed by atoms with van der Waals surface area (Å²) < 4.78 is 13.7. The van der Waals surface area contributed by atoms with Gasteiger partial charge in [-0.15, -0.1) is 0 Å². The highest BCUT2D eigenvalue weighted by atomic mass is 79.9. The lowest BCUT2D eigenvalue weighted by molar-refractivity contribution is -0.117. The maximum absolute atomic E-state index is 12.9. The molecule has 0 aliphatic carbocycles. The molecular weight excluding hydrogens is 263 g/mol. The molecule has 1 amide bonds. The Bertz CT molecular complexity index is 337. The van der Waals surface area contributed by atoms with Crippen LogP contribution in [0.15, 0.2) is 22.7 Å². The molecule has 1 aromatic carbocycles. The highest BCUT2D eigenvalue weighted by Gasteiger charge is 1.99. The van der Waals surface area contributed by atoms with Gasteiger partial charge < -0.3 is 11.1 Å². The van der Waals surface area contributed by atoms with Crippen LogP contribution in [0.5, 0.6) is 0 Å². The predicted molar refractivity (Wildman–Crippen MR) is 59.9 cm³/mol. The Hall–Kier alpha value is -0.940. The van der Waals surface area contributed by atoms with Gasteiger partial charge in [0.05, 0.1) is 6.54 Å². The molecule has 0 heterocycles. The summed E-state index contributed by atoms with van der Waals surface area (Å²) in [5, 5.41) is 2.86. The number of hydrogen-bond donors (Lipinski definition) is 2. The fourth-order valence-corrected chi connectivity index (χ4v) is 1.71. The first-order valence-corrected chi connectivity index (χ1v) is 5.31. The van der Waals surface area contributed by atoms with E-state index in [4.69, 9.17) is 5.73 Å². The third kappa shape index (κ3) is 4.90. The monoisotopic (exact) mass is 274 g/mol. The summed E-state index contributed by atoms with van der Waals surface area (Å²) in [5.74, 6) is -0.662. The van der Waals surface area contributed by atoms with Gasteiger partial charge in [-0.1, -0.05) is 15.9 Å². The zero-order valence-corrected chi connectivity index (χ0v) is 9.68. The van der Waals surface area contributed by atoms with Crippen LogP contribution in [0.25, 0.3) is 0 Å². The molecular formula is C10H12BrFN2O. The zero-order chi connectivity index (χ0) is 11.3. The number of amides is 1. The van der Waals surface area contributed by atoms with Gasteiger partial charge in [-0.2, -0.15) is 0 Å². The molecule has 0 bridgehead atoms. The summed E-state index contributed by atoms with van der Waals surface area (Å²) in [7, 11) is 0. The second-order valence-corrected chi connectivity index (χ2v) is 4.09. The minimum Gasteiger partial charge on any atom is -0.369 e. The second kappa shape index (κ2) is 5.82. The van der Waals surface area contributed by atoms with E-state index in [0.29, 0.717) is 17.4 Å². The molecule has 0 saturated carbocycles.